The van der Waals surface area contributed by atoms with E-state index in [1.807, 2.05) is 31.2 Å². The summed E-state index contributed by atoms with van der Waals surface area (Å²) in [6.45, 7) is 2.01. The van der Waals surface area contributed by atoms with Crippen molar-refractivity contribution in [2.75, 3.05) is 0 Å². The SMILES string of the molecule is Cc1ccc(SCc2ccc(S(=O)(=O)C(F)F)cc2)cc1. The van der Waals surface area contributed by atoms with E-state index in [4.69, 9.17) is 0 Å². The van der Waals surface area contributed by atoms with Gasteiger partial charge < -0.3 is 0 Å². The fraction of sp³-hybridized carbons (Fsp3) is 0.200. The van der Waals surface area contributed by atoms with Crippen molar-refractivity contribution in [3.05, 3.63) is 59.7 Å². The number of halogens is 2. The third kappa shape index (κ3) is 4.04. The van der Waals surface area contributed by atoms with Gasteiger partial charge in [0.25, 0.3) is 0 Å². The zero-order valence-corrected chi connectivity index (χ0v) is 12.9. The summed E-state index contributed by atoms with van der Waals surface area (Å²) in [7, 11) is -4.51. The molecule has 0 heterocycles. The topological polar surface area (TPSA) is 34.1 Å². The van der Waals surface area contributed by atoms with Crippen LogP contribution in [0.3, 0.4) is 0 Å². The van der Waals surface area contributed by atoms with Gasteiger partial charge in [-0.15, -0.1) is 11.8 Å². The minimum atomic E-state index is -4.51. The molecule has 0 aliphatic rings. The lowest BCUT2D eigenvalue weighted by molar-refractivity contribution is 0.234. The van der Waals surface area contributed by atoms with Crippen LogP contribution in [0.4, 0.5) is 8.78 Å². The van der Waals surface area contributed by atoms with Crippen LogP contribution in [0.25, 0.3) is 0 Å². The lowest BCUT2D eigenvalue weighted by Crippen LogP contribution is -2.11. The number of thioether (sulfide) groups is 1. The van der Waals surface area contributed by atoms with E-state index in [9.17, 15) is 17.2 Å². The maximum Gasteiger partial charge on any atom is 0.341 e. The Balaban J connectivity index is 2.05. The zero-order valence-electron chi connectivity index (χ0n) is 11.3. The number of hydrogen-bond donors (Lipinski definition) is 0. The van der Waals surface area contributed by atoms with Gasteiger partial charge in [-0.3, -0.25) is 0 Å². The van der Waals surface area contributed by atoms with Crippen molar-refractivity contribution in [3.8, 4) is 0 Å². The summed E-state index contributed by atoms with van der Waals surface area (Å²) in [5.74, 6) is -2.73. The molecule has 2 aromatic carbocycles. The third-order valence-electron chi connectivity index (χ3n) is 2.91. The van der Waals surface area contributed by atoms with Gasteiger partial charge in [-0.2, -0.15) is 8.78 Å². The van der Waals surface area contributed by atoms with Crippen molar-refractivity contribution < 1.29 is 17.2 Å². The van der Waals surface area contributed by atoms with Crippen LogP contribution in [0.15, 0.2) is 58.3 Å². The van der Waals surface area contributed by atoms with E-state index in [0.717, 1.165) is 10.5 Å². The molecule has 21 heavy (non-hydrogen) atoms. The second kappa shape index (κ2) is 6.58. The molecule has 0 aliphatic carbocycles. The Morgan fingerprint density at radius 2 is 1.57 bits per heavy atom. The fourth-order valence-electron chi connectivity index (χ4n) is 1.68. The third-order valence-corrected chi connectivity index (χ3v) is 5.39. The molecule has 2 aromatic rings. The van der Waals surface area contributed by atoms with Gasteiger partial charge in [0.15, 0.2) is 0 Å². The molecule has 6 heteroatoms. The molecule has 0 radical (unpaired) electrons. The summed E-state index contributed by atoms with van der Waals surface area (Å²) in [6, 6.07) is 13.6. The minimum Gasteiger partial charge on any atom is -0.218 e. The van der Waals surface area contributed by atoms with Gasteiger partial charge >= 0.3 is 5.76 Å². The summed E-state index contributed by atoms with van der Waals surface area (Å²) < 4.78 is 47.4. The van der Waals surface area contributed by atoms with Gasteiger partial charge in [-0.05, 0) is 36.8 Å². The van der Waals surface area contributed by atoms with E-state index in [1.54, 1.807) is 23.9 Å². The van der Waals surface area contributed by atoms with Gasteiger partial charge in [0, 0.05) is 10.6 Å². The molecule has 0 spiro atoms. The number of aryl methyl sites for hydroxylation is 1. The average molecular weight is 328 g/mol. The molecule has 0 fully saturated rings. The summed E-state index contributed by atoms with van der Waals surface area (Å²) in [6.07, 6.45) is 0. The Morgan fingerprint density at radius 1 is 1.00 bits per heavy atom. The van der Waals surface area contributed by atoms with Crippen molar-refractivity contribution in [1.29, 1.82) is 0 Å². The van der Waals surface area contributed by atoms with E-state index in [0.29, 0.717) is 5.75 Å². The average Bonchev–Trinajstić information content (AvgIpc) is 2.47. The van der Waals surface area contributed by atoms with Crippen LogP contribution < -0.4 is 0 Å². The molecule has 2 nitrogen and oxygen atoms in total. The van der Waals surface area contributed by atoms with Crippen molar-refractivity contribution in [1.82, 2.24) is 0 Å². The predicted octanol–water partition coefficient (Wildman–Crippen LogP) is 4.28. The first-order valence-electron chi connectivity index (χ1n) is 6.20. The Morgan fingerprint density at radius 3 is 2.10 bits per heavy atom. The van der Waals surface area contributed by atoms with E-state index in [2.05, 4.69) is 0 Å². The van der Waals surface area contributed by atoms with E-state index >= 15 is 0 Å². The highest BCUT2D eigenvalue weighted by Gasteiger charge is 2.26. The quantitative estimate of drug-likeness (QED) is 0.768. The largest absolute Gasteiger partial charge is 0.341 e. The number of hydrogen-bond acceptors (Lipinski definition) is 3. The molecule has 0 aliphatic heterocycles. The predicted molar refractivity (Wildman–Crippen MR) is 80.4 cm³/mol. The molecule has 0 unspecified atom stereocenters. The molecular weight excluding hydrogens is 314 g/mol. The Bertz CT molecular complexity index is 693. The number of sulfone groups is 1. The second-order valence-corrected chi connectivity index (χ2v) is 7.52. The summed E-state index contributed by atoms with van der Waals surface area (Å²) in [5.41, 5.74) is 2.06. The molecule has 0 saturated heterocycles. The van der Waals surface area contributed by atoms with Gasteiger partial charge in [-0.1, -0.05) is 29.8 Å². The second-order valence-electron chi connectivity index (χ2n) is 4.55. The van der Waals surface area contributed by atoms with Crippen LogP contribution >= 0.6 is 11.8 Å². The van der Waals surface area contributed by atoms with Crippen LogP contribution in [0.1, 0.15) is 11.1 Å². The Hall–Kier alpha value is -1.40. The molecule has 0 saturated carbocycles. The highest BCUT2D eigenvalue weighted by atomic mass is 32.2. The first-order chi connectivity index (χ1) is 9.89. The van der Waals surface area contributed by atoms with Crippen molar-refractivity contribution in [2.24, 2.45) is 0 Å². The van der Waals surface area contributed by atoms with Gasteiger partial charge in [0.1, 0.15) is 0 Å². The van der Waals surface area contributed by atoms with Gasteiger partial charge in [0.2, 0.25) is 9.84 Å². The first-order valence-corrected chi connectivity index (χ1v) is 8.73. The van der Waals surface area contributed by atoms with Gasteiger partial charge in [0.05, 0.1) is 4.90 Å². The van der Waals surface area contributed by atoms with Crippen LogP contribution in [0, 0.1) is 6.92 Å². The van der Waals surface area contributed by atoms with Crippen LogP contribution in [-0.4, -0.2) is 14.2 Å². The van der Waals surface area contributed by atoms with Gasteiger partial charge in [-0.25, -0.2) is 8.42 Å². The maximum absolute atomic E-state index is 12.4. The molecule has 112 valence electrons. The smallest absolute Gasteiger partial charge is 0.218 e. The zero-order chi connectivity index (χ0) is 15.5. The van der Waals surface area contributed by atoms with Crippen molar-refractivity contribution in [2.45, 2.75) is 28.2 Å². The summed E-state index contributed by atoms with van der Waals surface area (Å²) in [5, 5.41) is 0. The molecular formula is C15H14F2O2S2. The minimum absolute atomic E-state index is 0.346. The summed E-state index contributed by atoms with van der Waals surface area (Å²) >= 11 is 1.60. The normalized spacial score (nSPS) is 11.8. The molecule has 0 bridgehead atoms. The molecule has 0 aromatic heterocycles. The highest BCUT2D eigenvalue weighted by molar-refractivity contribution is 7.98. The molecule has 0 N–H and O–H groups in total. The Labute approximate surface area is 127 Å². The van der Waals surface area contributed by atoms with E-state index < -0.39 is 15.6 Å². The van der Waals surface area contributed by atoms with Crippen molar-refractivity contribution in [3.63, 3.8) is 0 Å². The standard InChI is InChI=1S/C15H14F2O2S2/c1-11-2-6-13(7-3-11)20-10-12-4-8-14(9-5-12)21(18,19)15(16)17/h2-9,15H,10H2,1H3. The fourth-order valence-corrected chi connectivity index (χ4v) is 3.25. The van der Waals surface area contributed by atoms with E-state index in [-0.39, 0.29) is 4.90 Å². The highest BCUT2D eigenvalue weighted by Crippen LogP contribution is 2.24. The first kappa shape index (κ1) is 16.0. The molecule has 2 rings (SSSR count). The lowest BCUT2D eigenvalue weighted by Gasteiger charge is -2.05. The lowest BCUT2D eigenvalue weighted by atomic mass is 10.2. The summed E-state index contributed by atoms with van der Waals surface area (Å²) in [4.78, 5) is 0.756. The van der Waals surface area contributed by atoms with Crippen LogP contribution in [0.2, 0.25) is 0 Å². The Kier molecular flexibility index (Phi) is 5.00. The number of alkyl halides is 2. The maximum atomic E-state index is 12.4. The van der Waals surface area contributed by atoms with Crippen LogP contribution in [-0.2, 0) is 15.6 Å². The van der Waals surface area contributed by atoms with Crippen LogP contribution in [0.5, 0.6) is 0 Å². The monoisotopic (exact) mass is 328 g/mol. The number of benzene rings is 2. The van der Waals surface area contributed by atoms with E-state index in [1.165, 1.54) is 17.7 Å². The van der Waals surface area contributed by atoms with Crippen molar-refractivity contribution >= 4 is 21.6 Å². The molecule has 0 atom stereocenters. The number of rotatable bonds is 5. The molecule has 0 amide bonds.